The van der Waals surface area contributed by atoms with E-state index >= 15 is 0 Å². The van der Waals surface area contributed by atoms with E-state index in [4.69, 9.17) is 0 Å². The highest BCUT2D eigenvalue weighted by molar-refractivity contribution is 7.99. The molecular formula is C23H22N8S. The quantitative estimate of drug-likeness (QED) is 0.431. The predicted octanol–water partition coefficient (Wildman–Crippen LogP) is 3.47. The maximum atomic E-state index is 4.66. The molecule has 8 nitrogen and oxygen atoms in total. The first kappa shape index (κ1) is 19.4. The van der Waals surface area contributed by atoms with Gasteiger partial charge >= 0.3 is 0 Å². The van der Waals surface area contributed by atoms with Crippen LogP contribution in [0, 0.1) is 5.92 Å². The number of fused-ring (bicyclic) bond motifs is 2. The van der Waals surface area contributed by atoms with E-state index in [-0.39, 0.29) is 0 Å². The molecule has 0 unspecified atom stereocenters. The van der Waals surface area contributed by atoms with Gasteiger partial charge < -0.3 is 5.32 Å². The number of aromatic nitrogens is 7. The third-order valence-corrected chi connectivity index (χ3v) is 6.72. The SMILES string of the molecule is CCc1ccc2nnc(Sc3ccc4ncc(-c5cnn(CC6CNC6)c5)cc4c3)n2n1. The normalized spacial score (nSPS) is 14.3. The van der Waals surface area contributed by atoms with Crippen LogP contribution in [0.2, 0.25) is 0 Å². The van der Waals surface area contributed by atoms with Crippen LogP contribution in [0.1, 0.15) is 12.6 Å². The second kappa shape index (κ2) is 7.99. The molecule has 1 N–H and O–H groups in total. The zero-order valence-corrected chi connectivity index (χ0v) is 18.5. The number of aryl methyl sites for hydroxylation is 1. The van der Waals surface area contributed by atoms with Gasteiger partial charge in [0.15, 0.2) is 5.65 Å². The fourth-order valence-corrected chi connectivity index (χ4v) is 4.69. The van der Waals surface area contributed by atoms with Crippen LogP contribution < -0.4 is 5.32 Å². The van der Waals surface area contributed by atoms with Crippen LogP contribution in [0.3, 0.4) is 0 Å². The Kier molecular flexibility index (Phi) is 4.84. The van der Waals surface area contributed by atoms with E-state index in [0.717, 1.165) is 69.5 Å². The molecule has 1 aliphatic heterocycles. The summed E-state index contributed by atoms with van der Waals surface area (Å²) in [4.78, 5) is 5.74. The van der Waals surface area contributed by atoms with Crippen LogP contribution in [-0.2, 0) is 13.0 Å². The molecule has 32 heavy (non-hydrogen) atoms. The van der Waals surface area contributed by atoms with E-state index in [2.05, 4.69) is 62.0 Å². The molecule has 1 fully saturated rings. The van der Waals surface area contributed by atoms with Crippen LogP contribution in [0.4, 0.5) is 0 Å². The Labute approximate surface area is 189 Å². The fourth-order valence-electron chi connectivity index (χ4n) is 3.85. The van der Waals surface area contributed by atoms with Crippen molar-refractivity contribution in [2.75, 3.05) is 13.1 Å². The van der Waals surface area contributed by atoms with Crippen molar-refractivity contribution in [2.45, 2.75) is 29.9 Å². The van der Waals surface area contributed by atoms with Crippen LogP contribution >= 0.6 is 11.8 Å². The third kappa shape index (κ3) is 3.63. The Morgan fingerprint density at radius 1 is 1.06 bits per heavy atom. The van der Waals surface area contributed by atoms with Gasteiger partial charge in [-0.15, -0.1) is 10.2 Å². The summed E-state index contributed by atoms with van der Waals surface area (Å²) < 4.78 is 3.85. The third-order valence-electron chi connectivity index (χ3n) is 5.79. The molecule has 6 rings (SSSR count). The highest BCUT2D eigenvalue weighted by Gasteiger charge is 2.17. The molecule has 0 bridgehead atoms. The van der Waals surface area contributed by atoms with Gasteiger partial charge in [0.05, 0.1) is 17.4 Å². The molecule has 5 heterocycles. The van der Waals surface area contributed by atoms with Gasteiger partial charge in [0.2, 0.25) is 5.16 Å². The van der Waals surface area contributed by atoms with Crippen molar-refractivity contribution in [3.8, 4) is 11.1 Å². The van der Waals surface area contributed by atoms with Gasteiger partial charge in [-0.25, -0.2) is 0 Å². The average molecular weight is 443 g/mol. The molecule has 5 aromatic rings. The van der Waals surface area contributed by atoms with Crippen molar-refractivity contribution in [3.05, 3.63) is 60.7 Å². The Morgan fingerprint density at radius 3 is 2.84 bits per heavy atom. The molecule has 160 valence electrons. The van der Waals surface area contributed by atoms with Gasteiger partial charge in [-0.1, -0.05) is 6.92 Å². The van der Waals surface area contributed by atoms with Crippen LogP contribution in [0.5, 0.6) is 0 Å². The van der Waals surface area contributed by atoms with Crippen molar-refractivity contribution in [1.29, 1.82) is 0 Å². The van der Waals surface area contributed by atoms with E-state index in [1.165, 1.54) is 0 Å². The van der Waals surface area contributed by atoms with Crippen molar-refractivity contribution in [1.82, 2.24) is 39.9 Å². The standard InChI is InChI=1S/C23H22N8S/c1-2-19-3-6-22-27-28-23(31(22)29-19)32-20-4-5-21-16(8-20)7-17(11-25-21)18-12-26-30(14-18)13-15-9-24-10-15/h3-8,11-12,14-15,24H,2,9-10,13H2,1H3. The van der Waals surface area contributed by atoms with Crippen LogP contribution in [0.15, 0.2) is 65.0 Å². The summed E-state index contributed by atoms with van der Waals surface area (Å²) in [7, 11) is 0. The average Bonchev–Trinajstić information content (AvgIpc) is 3.43. The molecule has 1 saturated heterocycles. The van der Waals surface area contributed by atoms with Gasteiger partial charge in [-0.2, -0.15) is 14.7 Å². The van der Waals surface area contributed by atoms with Crippen molar-refractivity contribution in [3.63, 3.8) is 0 Å². The zero-order chi connectivity index (χ0) is 21.5. The Bertz CT molecular complexity index is 1420. The van der Waals surface area contributed by atoms with E-state index in [1.807, 2.05) is 39.8 Å². The Morgan fingerprint density at radius 2 is 2.00 bits per heavy atom. The predicted molar refractivity (Wildman–Crippen MR) is 124 cm³/mol. The lowest BCUT2D eigenvalue weighted by Crippen LogP contribution is -2.44. The van der Waals surface area contributed by atoms with E-state index in [9.17, 15) is 0 Å². The van der Waals surface area contributed by atoms with Gasteiger partial charge in [-0.3, -0.25) is 9.67 Å². The highest BCUT2D eigenvalue weighted by atomic mass is 32.2. The summed E-state index contributed by atoms with van der Waals surface area (Å²) in [5.74, 6) is 0.674. The summed E-state index contributed by atoms with van der Waals surface area (Å²) in [6.07, 6.45) is 6.83. The molecule has 0 saturated carbocycles. The van der Waals surface area contributed by atoms with Gasteiger partial charge in [0.1, 0.15) is 0 Å². The molecule has 1 aromatic carbocycles. The maximum Gasteiger partial charge on any atom is 0.217 e. The van der Waals surface area contributed by atoms with Crippen LogP contribution in [-0.4, -0.2) is 47.7 Å². The number of hydrogen-bond donors (Lipinski definition) is 1. The molecular weight excluding hydrogens is 420 g/mol. The van der Waals surface area contributed by atoms with Gasteiger partial charge in [0, 0.05) is 59.4 Å². The smallest absolute Gasteiger partial charge is 0.217 e. The number of nitrogens with one attached hydrogen (secondary N) is 1. The second-order valence-electron chi connectivity index (χ2n) is 8.09. The lowest BCUT2D eigenvalue weighted by atomic mass is 10.0. The molecule has 0 atom stereocenters. The van der Waals surface area contributed by atoms with Gasteiger partial charge in [0.25, 0.3) is 0 Å². The Balaban J connectivity index is 1.29. The number of pyridine rings is 1. The topological polar surface area (TPSA) is 85.8 Å². The monoisotopic (exact) mass is 442 g/mol. The van der Waals surface area contributed by atoms with E-state index in [1.54, 1.807) is 11.8 Å². The first-order valence-electron chi connectivity index (χ1n) is 10.8. The number of hydrogen-bond acceptors (Lipinski definition) is 7. The molecule has 9 heteroatoms. The first-order valence-corrected chi connectivity index (χ1v) is 11.6. The Hall–Kier alpha value is -3.30. The first-order chi connectivity index (χ1) is 15.7. The minimum atomic E-state index is 0.674. The maximum absolute atomic E-state index is 4.66. The highest BCUT2D eigenvalue weighted by Crippen LogP contribution is 2.30. The number of rotatable bonds is 6. The summed E-state index contributed by atoms with van der Waals surface area (Å²) in [6.45, 7) is 5.19. The summed E-state index contributed by atoms with van der Waals surface area (Å²) in [5, 5.41) is 22.9. The number of nitrogens with zero attached hydrogens (tertiary/aromatic N) is 7. The molecule has 1 aliphatic rings. The number of benzene rings is 1. The molecule has 0 spiro atoms. The summed E-state index contributed by atoms with van der Waals surface area (Å²) >= 11 is 1.56. The molecule has 0 aliphatic carbocycles. The minimum absolute atomic E-state index is 0.674. The lowest BCUT2D eigenvalue weighted by molar-refractivity contribution is 0.295. The summed E-state index contributed by atoms with van der Waals surface area (Å²) in [5.41, 5.74) is 4.89. The fraction of sp³-hybridized carbons (Fsp3) is 0.261. The molecule has 0 amide bonds. The van der Waals surface area contributed by atoms with Crippen molar-refractivity contribution in [2.24, 2.45) is 5.92 Å². The van der Waals surface area contributed by atoms with Crippen molar-refractivity contribution < 1.29 is 0 Å². The van der Waals surface area contributed by atoms with Crippen molar-refractivity contribution >= 4 is 28.3 Å². The molecule has 0 radical (unpaired) electrons. The van der Waals surface area contributed by atoms with Gasteiger partial charge in [-0.05, 0) is 54.6 Å². The summed E-state index contributed by atoms with van der Waals surface area (Å²) in [6, 6.07) is 12.4. The lowest BCUT2D eigenvalue weighted by Gasteiger charge is -2.26. The zero-order valence-electron chi connectivity index (χ0n) is 17.6. The minimum Gasteiger partial charge on any atom is -0.316 e. The largest absolute Gasteiger partial charge is 0.316 e. The van der Waals surface area contributed by atoms with E-state index < -0.39 is 0 Å². The van der Waals surface area contributed by atoms with E-state index in [0.29, 0.717) is 5.92 Å². The molecule has 4 aromatic heterocycles. The van der Waals surface area contributed by atoms with Crippen LogP contribution in [0.25, 0.3) is 27.7 Å². The second-order valence-corrected chi connectivity index (χ2v) is 9.13.